The first-order valence-electron chi connectivity index (χ1n) is 9.84. The first-order valence-corrected chi connectivity index (χ1v) is 10.7. The molecule has 1 fully saturated rings. The third-order valence-electron chi connectivity index (χ3n) is 5.08. The summed E-state index contributed by atoms with van der Waals surface area (Å²) in [4.78, 5) is 19.2. The van der Waals surface area contributed by atoms with Gasteiger partial charge in [-0.25, -0.2) is 13.8 Å². The second-order valence-corrected chi connectivity index (χ2v) is 8.57. The molecule has 0 unspecified atom stereocenters. The number of nitrogen functional groups attached to an aromatic ring is 1. The van der Waals surface area contributed by atoms with Crippen LogP contribution in [0.4, 0.5) is 25.3 Å². The number of aromatic nitrogens is 3. The van der Waals surface area contributed by atoms with Gasteiger partial charge in [0, 0.05) is 26.7 Å². The summed E-state index contributed by atoms with van der Waals surface area (Å²) in [5.74, 6) is -0.892. The minimum absolute atomic E-state index is 0.0112. The van der Waals surface area contributed by atoms with E-state index in [2.05, 4.69) is 32.5 Å². The quantitative estimate of drug-likeness (QED) is 0.569. The van der Waals surface area contributed by atoms with Crippen LogP contribution in [0.15, 0.2) is 24.4 Å². The van der Waals surface area contributed by atoms with Gasteiger partial charge in [0.25, 0.3) is 5.91 Å². The zero-order valence-electron chi connectivity index (χ0n) is 17.2. The van der Waals surface area contributed by atoms with E-state index in [0.29, 0.717) is 11.6 Å². The van der Waals surface area contributed by atoms with Crippen LogP contribution in [0, 0.1) is 17.6 Å². The van der Waals surface area contributed by atoms with Gasteiger partial charge in [0.15, 0.2) is 11.5 Å². The van der Waals surface area contributed by atoms with Crippen molar-refractivity contribution in [1.82, 2.24) is 20.1 Å². The van der Waals surface area contributed by atoms with Crippen LogP contribution in [-0.2, 0) is 7.05 Å². The fourth-order valence-corrected chi connectivity index (χ4v) is 4.54. The predicted octanol–water partition coefficient (Wildman–Crippen LogP) is 2.70. The standard InChI is InChI=1S/C20H23F2N7OS/c1-11-8-24-6-7-29(10-11)20-14(9-25-28(20)2)26-18(30)16-17(23)31-19(27-16)15-12(21)4-3-5-13(15)22/h3-5,9,11,24H,6-8,10,23H2,1-2H3,(H,26,30)/t11-/m0/s1. The Morgan fingerprint density at radius 2 is 2.10 bits per heavy atom. The number of nitrogens with one attached hydrogen (secondary N) is 2. The zero-order chi connectivity index (χ0) is 22.1. The van der Waals surface area contributed by atoms with E-state index in [-0.39, 0.29) is 21.3 Å². The van der Waals surface area contributed by atoms with Crippen molar-refractivity contribution in [1.29, 1.82) is 0 Å². The number of amides is 1. The maximum Gasteiger partial charge on any atom is 0.277 e. The molecule has 31 heavy (non-hydrogen) atoms. The Kier molecular flexibility index (Phi) is 5.88. The molecular weight excluding hydrogens is 424 g/mol. The Labute approximate surface area is 182 Å². The van der Waals surface area contributed by atoms with Crippen molar-refractivity contribution in [2.45, 2.75) is 6.92 Å². The molecule has 11 heteroatoms. The highest BCUT2D eigenvalue weighted by atomic mass is 32.1. The molecule has 8 nitrogen and oxygen atoms in total. The Bertz CT molecular complexity index is 1090. The number of aryl methyl sites for hydroxylation is 1. The van der Waals surface area contributed by atoms with E-state index in [1.54, 1.807) is 10.9 Å². The van der Waals surface area contributed by atoms with Gasteiger partial charge in [0.05, 0.1) is 11.8 Å². The van der Waals surface area contributed by atoms with Gasteiger partial charge in [0.1, 0.15) is 27.3 Å². The molecule has 1 aliphatic heterocycles. The number of nitrogens with zero attached hydrogens (tertiary/aromatic N) is 4. The molecule has 4 N–H and O–H groups in total. The number of carbonyl (C=O) groups excluding carboxylic acids is 1. The number of anilines is 3. The molecule has 1 aliphatic rings. The van der Waals surface area contributed by atoms with Gasteiger partial charge in [0.2, 0.25) is 0 Å². The molecule has 0 bridgehead atoms. The van der Waals surface area contributed by atoms with Crippen LogP contribution in [0.2, 0.25) is 0 Å². The van der Waals surface area contributed by atoms with E-state index in [1.807, 2.05) is 7.05 Å². The molecule has 1 aromatic carbocycles. The summed E-state index contributed by atoms with van der Waals surface area (Å²) < 4.78 is 29.9. The maximum absolute atomic E-state index is 14.1. The molecule has 0 aliphatic carbocycles. The second-order valence-electron chi connectivity index (χ2n) is 7.54. The van der Waals surface area contributed by atoms with Crippen molar-refractivity contribution in [2.24, 2.45) is 13.0 Å². The molecule has 3 heterocycles. The smallest absolute Gasteiger partial charge is 0.277 e. The molecule has 1 atom stereocenters. The lowest BCUT2D eigenvalue weighted by molar-refractivity contribution is 0.102. The highest BCUT2D eigenvalue weighted by Crippen LogP contribution is 2.34. The number of halogens is 2. The van der Waals surface area contributed by atoms with Gasteiger partial charge in [-0.3, -0.25) is 9.48 Å². The Hall–Kier alpha value is -3.05. The van der Waals surface area contributed by atoms with Crippen LogP contribution in [0.1, 0.15) is 17.4 Å². The average molecular weight is 448 g/mol. The predicted molar refractivity (Wildman–Crippen MR) is 117 cm³/mol. The molecule has 0 radical (unpaired) electrons. The van der Waals surface area contributed by atoms with E-state index in [4.69, 9.17) is 5.73 Å². The third-order valence-corrected chi connectivity index (χ3v) is 5.99. The highest BCUT2D eigenvalue weighted by Gasteiger charge is 2.25. The number of benzene rings is 1. The van der Waals surface area contributed by atoms with Gasteiger partial charge in [-0.05, 0) is 24.6 Å². The van der Waals surface area contributed by atoms with Crippen LogP contribution in [-0.4, -0.2) is 46.9 Å². The lowest BCUT2D eigenvalue weighted by Gasteiger charge is -2.25. The van der Waals surface area contributed by atoms with E-state index in [1.165, 1.54) is 6.07 Å². The van der Waals surface area contributed by atoms with Crippen molar-refractivity contribution in [3.63, 3.8) is 0 Å². The molecular formula is C20H23F2N7OS. The van der Waals surface area contributed by atoms with Crippen LogP contribution in [0.3, 0.4) is 0 Å². The molecule has 2 aromatic heterocycles. The third kappa shape index (κ3) is 4.23. The SMILES string of the molecule is C[C@H]1CNCCN(c2c(NC(=O)c3nc(-c4c(F)cccc4F)sc3N)cnn2C)C1. The fourth-order valence-electron chi connectivity index (χ4n) is 3.67. The number of hydrogen-bond donors (Lipinski definition) is 3. The number of carbonyl (C=O) groups is 1. The largest absolute Gasteiger partial charge is 0.389 e. The highest BCUT2D eigenvalue weighted by molar-refractivity contribution is 7.19. The summed E-state index contributed by atoms with van der Waals surface area (Å²) in [6, 6.07) is 3.53. The van der Waals surface area contributed by atoms with Crippen LogP contribution in [0.5, 0.6) is 0 Å². The number of rotatable bonds is 4. The summed E-state index contributed by atoms with van der Waals surface area (Å²) in [6.07, 6.45) is 1.57. The van der Waals surface area contributed by atoms with Gasteiger partial charge in [-0.2, -0.15) is 5.10 Å². The molecule has 0 spiro atoms. The fraction of sp³-hybridized carbons (Fsp3) is 0.350. The number of thiazole rings is 1. The summed E-state index contributed by atoms with van der Waals surface area (Å²) in [7, 11) is 1.81. The molecule has 1 amide bonds. The van der Waals surface area contributed by atoms with Crippen LogP contribution < -0.4 is 21.3 Å². The van der Waals surface area contributed by atoms with E-state index >= 15 is 0 Å². The lowest BCUT2D eigenvalue weighted by Crippen LogP contribution is -2.32. The Balaban J connectivity index is 1.61. The summed E-state index contributed by atoms with van der Waals surface area (Å²) in [5.41, 5.74) is 6.11. The van der Waals surface area contributed by atoms with Gasteiger partial charge < -0.3 is 21.3 Å². The van der Waals surface area contributed by atoms with E-state index in [0.717, 1.165) is 55.5 Å². The minimum atomic E-state index is -0.765. The monoisotopic (exact) mass is 447 g/mol. The van der Waals surface area contributed by atoms with Crippen molar-refractivity contribution >= 4 is 33.8 Å². The van der Waals surface area contributed by atoms with E-state index < -0.39 is 17.5 Å². The maximum atomic E-state index is 14.1. The van der Waals surface area contributed by atoms with Crippen molar-refractivity contribution in [3.05, 3.63) is 41.7 Å². The first-order chi connectivity index (χ1) is 14.8. The Morgan fingerprint density at radius 3 is 2.84 bits per heavy atom. The van der Waals surface area contributed by atoms with Crippen LogP contribution in [0.25, 0.3) is 10.6 Å². The molecule has 0 saturated carbocycles. The van der Waals surface area contributed by atoms with Crippen molar-refractivity contribution in [2.75, 3.05) is 42.1 Å². The summed E-state index contributed by atoms with van der Waals surface area (Å²) in [6.45, 7) is 5.47. The topological polar surface area (TPSA) is 101 Å². The van der Waals surface area contributed by atoms with E-state index in [9.17, 15) is 13.6 Å². The number of hydrogen-bond acceptors (Lipinski definition) is 7. The average Bonchev–Trinajstić information content (AvgIpc) is 3.18. The van der Waals surface area contributed by atoms with Crippen molar-refractivity contribution in [3.8, 4) is 10.6 Å². The van der Waals surface area contributed by atoms with Crippen molar-refractivity contribution < 1.29 is 13.6 Å². The van der Waals surface area contributed by atoms with Crippen LogP contribution >= 0.6 is 11.3 Å². The second kappa shape index (κ2) is 8.60. The Morgan fingerprint density at radius 1 is 1.35 bits per heavy atom. The summed E-state index contributed by atoms with van der Waals surface area (Å²) in [5, 5.41) is 10.6. The first kappa shape index (κ1) is 21.2. The number of nitrogens with two attached hydrogens (primary N) is 1. The normalized spacial score (nSPS) is 16.9. The molecule has 3 aromatic rings. The van der Waals surface area contributed by atoms with Gasteiger partial charge >= 0.3 is 0 Å². The molecule has 4 rings (SSSR count). The summed E-state index contributed by atoms with van der Waals surface area (Å²) >= 11 is 0.862. The molecule has 1 saturated heterocycles. The van der Waals surface area contributed by atoms with Gasteiger partial charge in [-0.1, -0.05) is 24.3 Å². The lowest BCUT2D eigenvalue weighted by atomic mass is 10.2. The minimum Gasteiger partial charge on any atom is -0.389 e. The van der Waals surface area contributed by atoms with Gasteiger partial charge in [-0.15, -0.1) is 0 Å². The molecule has 164 valence electrons. The zero-order valence-corrected chi connectivity index (χ0v) is 18.0.